The van der Waals surface area contributed by atoms with E-state index in [4.69, 9.17) is 21.1 Å². The zero-order chi connectivity index (χ0) is 46.5. The molecular formula is C56H63ClN6O4. The molecule has 10 nitrogen and oxygen atoms in total. The number of hydrogen-bond donors (Lipinski definition) is 2. The van der Waals surface area contributed by atoms with Crippen LogP contribution < -0.4 is 20.1 Å². The first-order chi connectivity index (χ1) is 32.7. The molecule has 348 valence electrons. The second kappa shape index (κ2) is 22.6. The van der Waals surface area contributed by atoms with Gasteiger partial charge in [-0.25, -0.2) is 9.97 Å². The number of likely N-dealkylation sites (tertiary alicyclic amines) is 1. The van der Waals surface area contributed by atoms with Crippen LogP contribution in [0, 0.1) is 0 Å². The number of rotatable bonds is 13. The molecule has 1 saturated heterocycles. The van der Waals surface area contributed by atoms with Gasteiger partial charge in [-0.3, -0.25) is 14.5 Å². The number of ether oxygens (including phenoxy) is 2. The average Bonchev–Trinajstić information content (AvgIpc) is 3.36. The predicted molar refractivity (Wildman–Crippen MR) is 266 cm³/mol. The molecule has 11 heteroatoms. The van der Waals surface area contributed by atoms with Crippen LogP contribution in [0.1, 0.15) is 102 Å². The summed E-state index contributed by atoms with van der Waals surface area (Å²) in [5, 5.41) is 7.26. The van der Waals surface area contributed by atoms with Crippen molar-refractivity contribution in [1.29, 1.82) is 0 Å². The van der Waals surface area contributed by atoms with Gasteiger partial charge in [0.1, 0.15) is 22.6 Å². The first-order valence-electron chi connectivity index (χ1n) is 23.9. The number of nitrogens with zero attached hydrogens (tertiary/aromatic N) is 4. The largest absolute Gasteiger partial charge is 0.438 e. The van der Waals surface area contributed by atoms with E-state index in [0.29, 0.717) is 34.4 Å². The number of benzene rings is 4. The van der Waals surface area contributed by atoms with Gasteiger partial charge < -0.3 is 25.0 Å². The number of pyridine rings is 2. The van der Waals surface area contributed by atoms with Gasteiger partial charge in [0, 0.05) is 40.6 Å². The van der Waals surface area contributed by atoms with Crippen molar-refractivity contribution in [3.63, 3.8) is 0 Å². The third kappa shape index (κ3) is 12.1. The van der Waals surface area contributed by atoms with Gasteiger partial charge in [0.2, 0.25) is 11.8 Å². The fourth-order valence-electron chi connectivity index (χ4n) is 10.2. The lowest BCUT2D eigenvalue weighted by atomic mass is 9.73. The maximum Gasteiger partial charge on any atom is 0.257 e. The fraction of sp³-hybridized carbons (Fsp3) is 0.357. The topological polar surface area (TPSA) is 109 Å². The van der Waals surface area contributed by atoms with Crippen LogP contribution >= 0.6 is 11.6 Å². The third-order valence-corrected chi connectivity index (χ3v) is 14.2. The molecule has 2 saturated carbocycles. The summed E-state index contributed by atoms with van der Waals surface area (Å²) < 4.78 is 11.8. The number of piperidine rings is 1. The molecule has 67 heavy (non-hydrogen) atoms. The molecule has 0 unspecified atom stereocenters. The standard InChI is InChI=1S/C29H33N3O2.C27H30ClN3O2/c33-27(26-15-10-20-30-28(26)34-25-13-6-2-7-14-25)31-24-16-18-29(19-17-24,23-11-4-1-5-12-23)32-21-8-3-9-22-32;1-31(2)27(19-20-8-6-9-21(28)18-20)15-13-22(14-16-27)30-25(32)24-12-7-17-29-26(24)33-23-10-4-3-5-11-23/h1-2,4-7,10-15,20,24H,3,8-9,16-19,21-22H2,(H,31,33);3-12,17-18,22H,13-16,19H2,1-2H3,(H,30,32). The second-order valence-corrected chi connectivity index (χ2v) is 18.8. The first kappa shape index (κ1) is 47.4. The van der Waals surface area contributed by atoms with E-state index in [1.165, 1.54) is 43.5 Å². The fourth-order valence-corrected chi connectivity index (χ4v) is 10.4. The first-order valence-corrected chi connectivity index (χ1v) is 24.3. The molecule has 0 radical (unpaired) electrons. The van der Waals surface area contributed by atoms with Gasteiger partial charge >= 0.3 is 0 Å². The second-order valence-electron chi connectivity index (χ2n) is 18.4. The summed E-state index contributed by atoms with van der Waals surface area (Å²) in [5.41, 5.74) is 3.73. The van der Waals surface area contributed by atoms with E-state index in [1.54, 1.807) is 36.7 Å². The monoisotopic (exact) mass is 918 g/mol. The van der Waals surface area contributed by atoms with Crippen molar-refractivity contribution in [3.05, 3.63) is 179 Å². The Morgan fingerprint density at radius 1 is 0.627 bits per heavy atom. The van der Waals surface area contributed by atoms with Crippen LogP contribution in [-0.2, 0) is 12.0 Å². The molecule has 2 N–H and O–H groups in total. The molecule has 3 heterocycles. The lowest BCUT2D eigenvalue weighted by molar-refractivity contribution is 0.0227. The molecule has 3 fully saturated rings. The highest BCUT2D eigenvalue weighted by Gasteiger charge is 2.42. The van der Waals surface area contributed by atoms with Crippen LogP contribution in [0.4, 0.5) is 0 Å². The van der Waals surface area contributed by atoms with Gasteiger partial charge in [0.05, 0.1) is 0 Å². The van der Waals surface area contributed by atoms with Crippen molar-refractivity contribution in [3.8, 4) is 23.3 Å². The molecular weight excluding hydrogens is 856 g/mol. The Kier molecular flexibility index (Phi) is 16.0. The molecule has 2 amide bonds. The highest BCUT2D eigenvalue weighted by atomic mass is 35.5. The number of carbonyl (C=O) groups is 2. The minimum atomic E-state index is -0.147. The number of para-hydroxylation sites is 2. The Labute approximate surface area is 401 Å². The highest BCUT2D eigenvalue weighted by Crippen LogP contribution is 2.44. The Balaban J connectivity index is 0.000000182. The van der Waals surface area contributed by atoms with E-state index in [1.807, 2.05) is 72.8 Å². The summed E-state index contributed by atoms with van der Waals surface area (Å²) in [4.78, 5) is 40.0. The van der Waals surface area contributed by atoms with Crippen LogP contribution in [0.3, 0.4) is 0 Å². The Morgan fingerprint density at radius 2 is 1.12 bits per heavy atom. The molecule has 4 aromatic carbocycles. The van der Waals surface area contributed by atoms with E-state index < -0.39 is 0 Å². The van der Waals surface area contributed by atoms with Crippen LogP contribution in [0.15, 0.2) is 152 Å². The number of aromatic nitrogens is 2. The van der Waals surface area contributed by atoms with Crippen molar-refractivity contribution in [1.82, 2.24) is 30.4 Å². The average molecular weight is 920 g/mol. The summed E-state index contributed by atoms with van der Waals surface area (Å²) in [7, 11) is 4.29. The molecule has 0 spiro atoms. The molecule has 2 aliphatic carbocycles. The van der Waals surface area contributed by atoms with E-state index >= 15 is 0 Å². The lowest BCUT2D eigenvalue weighted by Crippen LogP contribution is -2.53. The highest BCUT2D eigenvalue weighted by molar-refractivity contribution is 6.30. The van der Waals surface area contributed by atoms with Crippen LogP contribution in [0.2, 0.25) is 5.02 Å². The molecule has 9 rings (SSSR count). The zero-order valence-electron chi connectivity index (χ0n) is 38.8. The van der Waals surface area contributed by atoms with Crippen LogP contribution in [0.5, 0.6) is 23.3 Å². The molecule has 3 aliphatic rings. The quantitative estimate of drug-likeness (QED) is 0.118. The van der Waals surface area contributed by atoms with Gasteiger partial charge in [-0.05, 0) is 170 Å². The minimum absolute atomic E-state index is 0.0573. The molecule has 1 aliphatic heterocycles. The van der Waals surface area contributed by atoms with Crippen LogP contribution in [-0.4, -0.2) is 76.4 Å². The minimum Gasteiger partial charge on any atom is -0.438 e. The lowest BCUT2D eigenvalue weighted by Gasteiger charge is -2.50. The van der Waals surface area contributed by atoms with Gasteiger partial charge in [-0.1, -0.05) is 96.9 Å². The van der Waals surface area contributed by atoms with Crippen molar-refractivity contribution >= 4 is 23.4 Å². The zero-order valence-corrected chi connectivity index (χ0v) is 39.5. The van der Waals surface area contributed by atoms with Crippen LogP contribution in [0.25, 0.3) is 0 Å². The molecule has 0 bridgehead atoms. The van der Waals surface area contributed by atoms with Gasteiger partial charge in [0.15, 0.2) is 0 Å². The normalized spacial score (nSPS) is 21.9. The summed E-state index contributed by atoms with van der Waals surface area (Å²) in [6.07, 6.45) is 16.0. The maximum absolute atomic E-state index is 13.2. The van der Waals surface area contributed by atoms with Crippen molar-refractivity contribution < 1.29 is 19.1 Å². The van der Waals surface area contributed by atoms with Crippen molar-refractivity contribution in [2.24, 2.45) is 0 Å². The van der Waals surface area contributed by atoms with Crippen molar-refractivity contribution in [2.75, 3.05) is 27.2 Å². The van der Waals surface area contributed by atoms with Crippen molar-refractivity contribution in [2.45, 2.75) is 100 Å². The SMILES string of the molecule is CN(C)C1(Cc2cccc(Cl)c2)CCC(NC(=O)c2cccnc2Oc2ccccc2)CC1.O=C(NC1CCC(c2ccccc2)(N2CCCCC2)CC1)c1cccnc1Oc1ccccc1. The Bertz CT molecular complexity index is 2500. The Hall–Kier alpha value is -6.07. The summed E-state index contributed by atoms with van der Waals surface area (Å²) in [6, 6.07) is 45.3. The van der Waals surface area contributed by atoms with Gasteiger partial charge in [-0.15, -0.1) is 0 Å². The summed E-state index contributed by atoms with van der Waals surface area (Å²) >= 11 is 6.21. The summed E-state index contributed by atoms with van der Waals surface area (Å²) in [6.45, 7) is 2.34. The third-order valence-electron chi connectivity index (χ3n) is 14.0. The van der Waals surface area contributed by atoms with E-state index in [0.717, 1.165) is 62.8 Å². The maximum atomic E-state index is 13.2. The van der Waals surface area contributed by atoms with E-state index in [2.05, 4.69) is 87.0 Å². The van der Waals surface area contributed by atoms with Gasteiger partial charge in [-0.2, -0.15) is 0 Å². The predicted octanol–water partition coefficient (Wildman–Crippen LogP) is 11.7. The molecule has 2 aromatic heterocycles. The number of likely N-dealkylation sites (N-methyl/N-ethyl adjacent to an activating group) is 1. The Morgan fingerprint density at radius 3 is 1.61 bits per heavy atom. The number of nitrogens with one attached hydrogen (secondary N) is 2. The number of amides is 2. The number of halogens is 1. The smallest absolute Gasteiger partial charge is 0.257 e. The van der Waals surface area contributed by atoms with E-state index in [-0.39, 0.29) is 35.0 Å². The molecule has 6 aromatic rings. The summed E-state index contributed by atoms with van der Waals surface area (Å²) in [5.74, 6) is 1.72. The van der Waals surface area contributed by atoms with E-state index in [9.17, 15) is 9.59 Å². The number of hydrogen-bond acceptors (Lipinski definition) is 8. The van der Waals surface area contributed by atoms with Gasteiger partial charge in [0.25, 0.3) is 11.8 Å². The molecule has 0 atom stereocenters. The number of carbonyl (C=O) groups excluding carboxylic acids is 2.